The van der Waals surface area contributed by atoms with Crippen LogP contribution < -0.4 is 14.8 Å². The third-order valence-corrected chi connectivity index (χ3v) is 4.32. The molecule has 0 aromatic heterocycles. The first kappa shape index (κ1) is 29.7. The van der Waals surface area contributed by atoms with E-state index in [1.54, 1.807) is 20.8 Å². The maximum atomic E-state index is 12.0. The fraction of sp³-hybridized carbons (Fsp3) is 0.583. The first-order valence-corrected chi connectivity index (χ1v) is 11.3. The molecule has 0 bridgehead atoms. The van der Waals surface area contributed by atoms with Crippen LogP contribution in [0.4, 0.5) is 9.59 Å². The van der Waals surface area contributed by atoms with Crippen molar-refractivity contribution < 1.29 is 48.0 Å². The number of ether oxygens (including phenoxy) is 5. The number of benzene rings is 1. The summed E-state index contributed by atoms with van der Waals surface area (Å²) in [5.74, 6) is -1.73. The van der Waals surface area contributed by atoms with E-state index in [9.17, 15) is 24.3 Å². The second-order valence-electron chi connectivity index (χ2n) is 8.89. The fourth-order valence-corrected chi connectivity index (χ4v) is 2.85. The minimum atomic E-state index is -1.13. The topological polar surface area (TPSA) is 147 Å². The standard InChI is InChI=1S/C24H35NO10/c1-7-31-22(29)34-18-10-9-16(12-19(18)35-23(30)32-8-2)11-17(21(27)28)25-14-15(3)33-20(26)13-24(4,5)6/h9-10,12,15,17,25H,7-8,11,13-14H2,1-6H3,(H,27,28)/t15?,17-/m0/s1. The lowest BCUT2D eigenvalue weighted by Gasteiger charge is -2.21. The van der Waals surface area contributed by atoms with E-state index in [0.29, 0.717) is 5.56 Å². The summed E-state index contributed by atoms with van der Waals surface area (Å²) in [7, 11) is 0. The summed E-state index contributed by atoms with van der Waals surface area (Å²) in [6.07, 6.45) is -2.32. The van der Waals surface area contributed by atoms with Gasteiger partial charge in [-0.2, -0.15) is 0 Å². The van der Waals surface area contributed by atoms with Crippen molar-refractivity contribution in [2.24, 2.45) is 5.41 Å². The Morgan fingerprint density at radius 2 is 1.54 bits per heavy atom. The van der Waals surface area contributed by atoms with E-state index in [0.717, 1.165) is 0 Å². The molecular formula is C24H35NO10. The molecule has 0 aliphatic heterocycles. The molecule has 2 atom stereocenters. The van der Waals surface area contributed by atoms with Crippen molar-refractivity contribution in [2.75, 3.05) is 19.8 Å². The van der Waals surface area contributed by atoms with Gasteiger partial charge >= 0.3 is 24.2 Å². The molecule has 0 fully saturated rings. The molecule has 1 unspecified atom stereocenters. The van der Waals surface area contributed by atoms with Crippen LogP contribution in [-0.2, 0) is 30.2 Å². The third-order valence-electron chi connectivity index (χ3n) is 4.32. The van der Waals surface area contributed by atoms with Crippen molar-refractivity contribution in [1.29, 1.82) is 0 Å². The van der Waals surface area contributed by atoms with E-state index >= 15 is 0 Å². The number of carbonyl (C=O) groups excluding carboxylic acids is 3. The molecule has 1 aromatic rings. The maximum absolute atomic E-state index is 12.0. The molecule has 0 amide bonds. The van der Waals surface area contributed by atoms with Crippen LogP contribution in [0.25, 0.3) is 0 Å². The van der Waals surface area contributed by atoms with Gasteiger partial charge in [0.2, 0.25) is 0 Å². The van der Waals surface area contributed by atoms with Gasteiger partial charge in [0.15, 0.2) is 11.5 Å². The Hall–Kier alpha value is -3.34. The van der Waals surface area contributed by atoms with Gasteiger partial charge in [0.05, 0.1) is 19.6 Å². The molecule has 2 N–H and O–H groups in total. The average molecular weight is 498 g/mol. The van der Waals surface area contributed by atoms with Gasteiger partial charge in [0, 0.05) is 6.54 Å². The number of hydrogen-bond donors (Lipinski definition) is 2. The number of carbonyl (C=O) groups is 4. The average Bonchev–Trinajstić information content (AvgIpc) is 2.71. The van der Waals surface area contributed by atoms with Crippen molar-refractivity contribution in [1.82, 2.24) is 5.32 Å². The Morgan fingerprint density at radius 3 is 2.06 bits per heavy atom. The van der Waals surface area contributed by atoms with E-state index < -0.39 is 30.4 Å². The fourth-order valence-electron chi connectivity index (χ4n) is 2.85. The highest BCUT2D eigenvalue weighted by molar-refractivity contribution is 5.74. The predicted octanol–water partition coefficient (Wildman–Crippen LogP) is 3.71. The second kappa shape index (κ2) is 14.1. The molecule has 1 rings (SSSR count). The van der Waals surface area contributed by atoms with Crippen LogP contribution in [0.1, 0.15) is 53.5 Å². The highest BCUT2D eigenvalue weighted by Crippen LogP contribution is 2.30. The summed E-state index contributed by atoms with van der Waals surface area (Å²) in [6.45, 7) is 10.9. The Labute approximate surface area is 205 Å². The Bertz CT molecular complexity index is 878. The summed E-state index contributed by atoms with van der Waals surface area (Å²) < 4.78 is 25.0. The van der Waals surface area contributed by atoms with Gasteiger partial charge in [-0.25, -0.2) is 9.59 Å². The lowest BCUT2D eigenvalue weighted by atomic mass is 9.92. The maximum Gasteiger partial charge on any atom is 0.513 e. The molecule has 0 aliphatic carbocycles. The summed E-state index contributed by atoms with van der Waals surface area (Å²) in [5.41, 5.74) is 0.248. The number of hydrogen-bond acceptors (Lipinski definition) is 10. The highest BCUT2D eigenvalue weighted by Gasteiger charge is 2.23. The SMILES string of the molecule is CCOC(=O)Oc1ccc(C[C@H](NCC(C)OC(=O)CC(C)(C)C)C(=O)O)cc1OC(=O)OCC. The summed E-state index contributed by atoms with van der Waals surface area (Å²) >= 11 is 0. The van der Waals surface area contributed by atoms with Crippen LogP contribution in [0.3, 0.4) is 0 Å². The first-order valence-electron chi connectivity index (χ1n) is 11.3. The van der Waals surface area contributed by atoms with Crippen LogP contribution >= 0.6 is 0 Å². The van der Waals surface area contributed by atoms with Crippen molar-refractivity contribution in [3.63, 3.8) is 0 Å². The Kier molecular flexibility index (Phi) is 12.0. The zero-order valence-electron chi connectivity index (χ0n) is 21.0. The molecule has 11 nitrogen and oxygen atoms in total. The molecule has 0 spiro atoms. The smallest absolute Gasteiger partial charge is 0.480 e. The predicted molar refractivity (Wildman–Crippen MR) is 124 cm³/mol. The summed E-state index contributed by atoms with van der Waals surface area (Å²) in [6, 6.07) is 3.22. The van der Waals surface area contributed by atoms with Gasteiger partial charge in [0.25, 0.3) is 0 Å². The first-order chi connectivity index (χ1) is 16.3. The zero-order chi connectivity index (χ0) is 26.6. The number of carboxylic acid groups (broad SMARTS) is 1. The largest absolute Gasteiger partial charge is 0.513 e. The number of carboxylic acids is 1. The molecule has 0 saturated carbocycles. The van der Waals surface area contributed by atoms with Gasteiger partial charge in [0.1, 0.15) is 12.1 Å². The van der Waals surface area contributed by atoms with Crippen molar-refractivity contribution >= 4 is 24.2 Å². The van der Waals surface area contributed by atoms with Crippen LogP contribution in [-0.4, -0.2) is 61.3 Å². The number of rotatable bonds is 12. The number of esters is 1. The highest BCUT2D eigenvalue weighted by atomic mass is 16.7. The summed E-state index contributed by atoms with van der Waals surface area (Å²) in [4.78, 5) is 47.3. The van der Waals surface area contributed by atoms with Gasteiger partial charge in [-0.15, -0.1) is 0 Å². The molecule has 0 aliphatic rings. The van der Waals surface area contributed by atoms with Gasteiger partial charge in [-0.1, -0.05) is 26.8 Å². The van der Waals surface area contributed by atoms with E-state index in [2.05, 4.69) is 5.32 Å². The van der Waals surface area contributed by atoms with E-state index in [4.69, 9.17) is 23.7 Å². The van der Waals surface area contributed by atoms with Gasteiger partial charge in [-0.3, -0.25) is 9.59 Å². The van der Waals surface area contributed by atoms with Crippen molar-refractivity contribution in [3.8, 4) is 11.5 Å². The number of nitrogens with one attached hydrogen (secondary N) is 1. The van der Waals surface area contributed by atoms with Crippen molar-refractivity contribution in [3.05, 3.63) is 23.8 Å². The van der Waals surface area contributed by atoms with E-state index in [1.165, 1.54) is 18.2 Å². The lowest BCUT2D eigenvalue weighted by molar-refractivity contribution is -0.150. The van der Waals surface area contributed by atoms with E-state index in [1.807, 2.05) is 20.8 Å². The molecule has 196 valence electrons. The molecule has 0 radical (unpaired) electrons. The van der Waals surface area contributed by atoms with Crippen molar-refractivity contribution in [2.45, 2.75) is 66.5 Å². The molecule has 0 heterocycles. The Morgan fingerprint density at radius 1 is 0.971 bits per heavy atom. The molecule has 0 saturated heterocycles. The minimum absolute atomic E-state index is 0.00311. The minimum Gasteiger partial charge on any atom is -0.480 e. The number of aliphatic carboxylic acids is 1. The second-order valence-corrected chi connectivity index (χ2v) is 8.89. The van der Waals surface area contributed by atoms with Crippen LogP contribution in [0.2, 0.25) is 0 Å². The quantitative estimate of drug-likeness (QED) is 0.247. The third kappa shape index (κ3) is 12.1. The molecule has 35 heavy (non-hydrogen) atoms. The van der Waals surface area contributed by atoms with Gasteiger partial charge < -0.3 is 34.1 Å². The van der Waals surface area contributed by atoms with E-state index in [-0.39, 0.29) is 55.5 Å². The zero-order valence-corrected chi connectivity index (χ0v) is 21.0. The summed E-state index contributed by atoms with van der Waals surface area (Å²) in [5, 5.41) is 12.5. The van der Waals surface area contributed by atoms with Gasteiger partial charge in [-0.05, 0) is 50.3 Å². The monoisotopic (exact) mass is 497 g/mol. The normalized spacial score (nSPS) is 12.7. The van der Waals surface area contributed by atoms with Crippen LogP contribution in [0.5, 0.6) is 11.5 Å². The molecular weight excluding hydrogens is 462 g/mol. The van der Waals surface area contributed by atoms with Crippen LogP contribution in [0, 0.1) is 5.41 Å². The lowest BCUT2D eigenvalue weighted by Crippen LogP contribution is -2.42. The van der Waals surface area contributed by atoms with Crippen LogP contribution in [0.15, 0.2) is 18.2 Å². The molecule has 11 heteroatoms. The molecule has 1 aromatic carbocycles. The Balaban J connectivity index is 2.92.